The Morgan fingerprint density at radius 3 is 1.72 bits per heavy atom. The van der Waals surface area contributed by atoms with Gasteiger partial charge in [0.1, 0.15) is 5.75 Å². The fraction of sp³-hybridized carbons (Fsp3) is 0.438. The molecule has 0 unspecified atom stereocenters. The van der Waals surface area contributed by atoms with Gasteiger partial charge in [0.2, 0.25) is 5.91 Å². The van der Waals surface area contributed by atoms with Gasteiger partial charge in [-0.1, -0.05) is 22.8 Å². The summed E-state index contributed by atoms with van der Waals surface area (Å²) in [5, 5.41) is -12.2. The number of sulfonamides is 2. The minimum atomic E-state index is -7.88. The Morgan fingerprint density at radius 1 is 0.846 bits per heavy atom. The quantitative estimate of drug-likeness (QED) is 0.149. The fourth-order valence-corrected chi connectivity index (χ4v) is 5.49. The second kappa shape index (κ2) is 12.1. The van der Waals surface area contributed by atoms with E-state index in [9.17, 15) is 69.6 Å². The van der Waals surface area contributed by atoms with Gasteiger partial charge >= 0.3 is 71.6 Å². The van der Waals surface area contributed by atoms with Gasteiger partial charge in [-0.25, -0.2) is 16.8 Å². The normalized spacial score (nSPS) is 13.8. The number of hydrogen-bond acceptors (Lipinski definition) is 8. The summed E-state index contributed by atoms with van der Waals surface area (Å²) in [6, 6.07) is 3.10. The zero-order chi connectivity index (χ0) is 30.2. The third-order valence-corrected chi connectivity index (χ3v) is 8.72. The van der Waals surface area contributed by atoms with Crippen LogP contribution in [0.2, 0.25) is 0 Å². The van der Waals surface area contributed by atoms with Crippen LogP contribution in [-0.2, 0) is 41.4 Å². The van der Waals surface area contributed by atoms with Gasteiger partial charge in [0.05, 0.1) is 0 Å². The first kappa shape index (κ1) is 37.4. The predicted molar refractivity (Wildman–Crippen MR) is 117 cm³/mol. The van der Waals surface area contributed by atoms with Gasteiger partial charge in [0, 0.05) is 12.1 Å². The number of halogens is 9. The molecule has 0 spiro atoms. The van der Waals surface area contributed by atoms with Crippen LogP contribution in [0.3, 0.4) is 0 Å². The molecule has 0 bridgehead atoms. The Labute approximate surface area is 237 Å². The second-order valence-corrected chi connectivity index (χ2v) is 12.4. The van der Waals surface area contributed by atoms with Gasteiger partial charge < -0.3 is 9.50 Å². The zero-order valence-electron chi connectivity index (χ0n) is 18.3. The summed E-state index contributed by atoms with van der Waals surface area (Å²) in [5.74, 6) is -9.30. The van der Waals surface area contributed by atoms with Gasteiger partial charge in [-0.05, 0) is 31.0 Å². The van der Waals surface area contributed by atoms with Crippen LogP contribution >= 0.6 is 0 Å². The molecule has 0 radical (unpaired) electrons. The molecule has 39 heavy (non-hydrogen) atoms. The number of amides is 1. The molecule has 1 amide bonds. The maximum absolute atomic E-state index is 14.1. The summed E-state index contributed by atoms with van der Waals surface area (Å²) in [6.45, 7) is 4.75. The molecule has 0 atom stereocenters. The number of benzene rings is 1. The van der Waals surface area contributed by atoms with Gasteiger partial charge in [0.15, 0.2) is 0 Å². The third kappa shape index (κ3) is 7.79. The van der Waals surface area contributed by atoms with Crippen molar-refractivity contribution in [1.29, 1.82) is 0 Å². The summed E-state index contributed by atoms with van der Waals surface area (Å²) >= 11 is 0. The van der Waals surface area contributed by atoms with Crippen LogP contribution in [0.5, 0.6) is 5.75 Å². The number of alkyl halides is 9. The topological polar surface area (TPSA) is 153 Å². The molecule has 10 nitrogen and oxygen atoms in total. The summed E-state index contributed by atoms with van der Waals surface area (Å²) in [6.07, 6.45) is 0.0538. The van der Waals surface area contributed by atoms with E-state index in [0.29, 0.717) is 12.1 Å². The molecule has 0 fully saturated rings. The molecular formula is C16H16F9N2NaO8S3. The molecular weight excluding hydrogens is 638 g/mol. The van der Waals surface area contributed by atoms with Crippen molar-refractivity contribution in [3.63, 3.8) is 0 Å². The summed E-state index contributed by atoms with van der Waals surface area (Å²) < 4.78 is 191. The SMILES string of the molecule is C=C(C)C(=O)NCCc1ccc(OS(=O)(=O)C(F)(F)C(F)(F)C(F)(F)S(=O)(=O)NS(=O)(=O)C(F)(F)F)cc1.[NaH]. The van der Waals surface area contributed by atoms with Crippen molar-refractivity contribution in [3.8, 4) is 5.75 Å². The summed E-state index contributed by atoms with van der Waals surface area (Å²) in [7, 11) is -22.5. The molecule has 0 aromatic heterocycles. The van der Waals surface area contributed by atoms with Crippen LogP contribution in [-0.4, -0.2) is 89.2 Å². The van der Waals surface area contributed by atoms with Gasteiger partial charge in [-0.3, -0.25) is 4.79 Å². The Hall–Kier alpha value is -1.59. The molecule has 23 heteroatoms. The van der Waals surface area contributed by atoms with Crippen LogP contribution in [0.25, 0.3) is 0 Å². The first-order valence-corrected chi connectivity index (χ1v) is 13.6. The molecule has 220 valence electrons. The van der Waals surface area contributed by atoms with E-state index in [0.717, 1.165) is 12.1 Å². The van der Waals surface area contributed by atoms with E-state index in [1.807, 2.05) is 0 Å². The van der Waals surface area contributed by atoms with E-state index >= 15 is 0 Å². The zero-order valence-corrected chi connectivity index (χ0v) is 20.8. The van der Waals surface area contributed by atoms with E-state index in [1.165, 1.54) is 6.92 Å². The molecule has 0 saturated carbocycles. The average Bonchev–Trinajstić information content (AvgIpc) is 2.72. The average molecular weight is 654 g/mol. The van der Waals surface area contributed by atoms with Crippen molar-refractivity contribution >= 4 is 65.6 Å². The van der Waals surface area contributed by atoms with Crippen LogP contribution in [0.4, 0.5) is 39.5 Å². The van der Waals surface area contributed by atoms with Crippen LogP contribution in [0, 0.1) is 0 Å². The van der Waals surface area contributed by atoms with Crippen molar-refractivity contribution < 1.29 is 73.7 Å². The Balaban J connectivity index is 0.0000144. The molecule has 1 rings (SSSR count). The molecule has 0 aliphatic carbocycles. The van der Waals surface area contributed by atoms with Crippen LogP contribution in [0.15, 0.2) is 36.4 Å². The van der Waals surface area contributed by atoms with E-state index in [-0.39, 0.29) is 53.7 Å². The van der Waals surface area contributed by atoms with Crippen LogP contribution in [0.1, 0.15) is 12.5 Å². The van der Waals surface area contributed by atoms with Gasteiger partial charge in [-0.15, -0.1) is 0 Å². The molecule has 0 aliphatic heterocycles. The molecule has 0 aliphatic rings. The number of hydrogen-bond donors (Lipinski definition) is 2. The monoisotopic (exact) mass is 654 g/mol. The van der Waals surface area contributed by atoms with Gasteiger partial charge in [0.25, 0.3) is 10.0 Å². The van der Waals surface area contributed by atoms with Crippen molar-refractivity contribution in [3.05, 3.63) is 42.0 Å². The van der Waals surface area contributed by atoms with Crippen molar-refractivity contribution in [1.82, 2.24) is 9.44 Å². The minimum absolute atomic E-state index is 0. The van der Waals surface area contributed by atoms with E-state index in [1.54, 1.807) is 0 Å². The molecule has 0 saturated heterocycles. The second-order valence-electron chi connectivity index (χ2n) is 7.11. The number of carbonyl (C=O) groups excluding carboxylic acids is 1. The summed E-state index contributed by atoms with van der Waals surface area (Å²) in [4.78, 5) is 11.4. The van der Waals surface area contributed by atoms with E-state index < -0.39 is 67.9 Å². The molecule has 1 aromatic rings. The van der Waals surface area contributed by atoms with Crippen molar-refractivity contribution in [2.24, 2.45) is 0 Å². The standard InChI is InChI=1S/C16H15F9N2O8S3.Na.H/c1-9(2)12(28)26-8-7-10-3-5-11(6-4-10)35-38(33,34)15(21,22)13(17,18)14(19,20)36(29,30)27-37(31,32)16(23,24)25;;/h3-6,27H,1,7-8H2,2H3,(H,26,28);;. The number of carbonyl (C=O) groups is 1. The number of rotatable bonds is 12. The Kier molecular flexibility index (Phi) is 11.6. The van der Waals surface area contributed by atoms with Gasteiger partial charge in [-0.2, -0.15) is 47.9 Å². The first-order chi connectivity index (χ1) is 16.7. The van der Waals surface area contributed by atoms with E-state index in [4.69, 9.17) is 0 Å². The van der Waals surface area contributed by atoms with Crippen molar-refractivity contribution in [2.45, 2.75) is 35.3 Å². The molecule has 1 aromatic carbocycles. The first-order valence-electron chi connectivity index (χ1n) is 9.18. The van der Waals surface area contributed by atoms with Crippen molar-refractivity contribution in [2.75, 3.05) is 6.54 Å². The maximum atomic E-state index is 14.1. The predicted octanol–water partition coefficient (Wildman–Crippen LogP) is 1.57. The molecule has 0 heterocycles. The van der Waals surface area contributed by atoms with E-state index in [2.05, 4.69) is 16.1 Å². The Bertz CT molecular complexity index is 1400. The van der Waals surface area contributed by atoms with Crippen LogP contribution < -0.4 is 13.6 Å². The third-order valence-electron chi connectivity index (χ3n) is 4.12. The summed E-state index contributed by atoms with van der Waals surface area (Å²) in [5.41, 5.74) is -6.23. The molecule has 2 N–H and O–H groups in total. The Morgan fingerprint density at radius 2 is 1.31 bits per heavy atom. The number of nitrogens with one attached hydrogen (secondary N) is 2. The fourth-order valence-electron chi connectivity index (χ4n) is 2.10.